The van der Waals surface area contributed by atoms with Crippen molar-refractivity contribution < 1.29 is 9.59 Å². The molecule has 1 aliphatic rings. The number of carbonyl (C=O) groups is 2. The summed E-state index contributed by atoms with van der Waals surface area (Å²) in [6.45, 7) is 8.02. The smallest absolute Gasteiger partial charge is 0.247 e. The Morgan fingerprint density at radius 3 is 2.22 bits per heavy atom. The van der Waals surface area contributed by atoms with E-state index in [1.165, 1.54) is 0 Å². The molecule has 2 N–H and O–H groups in total. The fraction of sp³-hybridized carbons (Fsp3) is 0.556. The van der Waals surface area contributed by atoms with Crippen LogP contribution in [-0.2, 0) is 15.1 Å². The predicted octanol–water partition coefficient (Wildman–Crippen LogP) is 1.58. The molecule has 0 bridgehead atoms. The third-order valence-electron chi connectivity index (χ3n) is 4.41. The largest absolute Gasteiger partial charge is 0.341 e. The molecule has 1 heterocycles. The third kappa shape index (κ3) is 3.91. The van der Waals surface area contributed by atoms with Gasteiger partial charge in [-0.3, -0.25) is 9.59 Å². The maximum absolute atomic E-state index is 12.9. The number of rotatable bonds is 3. The Bertz CT molecular complexity index is 555. The van der Waals surface area contributed by atoms with Gasteiger partial charge in [-0.2, -0.15) is 0 Å². The second-order valence-corrected chi connectivity index (χ2v) is 6.69. The van der Waals surface area contributed by atoms with Crippen molar-refractivity contribution in [1.82, 2.24) is 9.80 Å². The standard InChI is InChI=1S/C18H27N3O2/c1-14(2)16(22)20-10-7-11-21(13-12-20)17(23)18(3,19)15-8-5-4-6-9-15/h4-6,8-9,14H,7,10-13,19H2,1-3H3. The van der Waals surface area contributed by atoms with E-state index in [1.807, 2.05) is 49.1 Å². The fourth-order valence-corrected chi connectivity index (χ4v) is 2.94. The summed E-state index contributed by atoms with van der Waals surface area (Å²) < 4.78 is 0. The van der Waals surface area contributed by atoms with Crippen molar-refractivity contribution in [3.8, 4) is 0 Å². The van der Waals surface area contributed by atoms with E-state index < -0.39 is 5.54 Å². The van der Waals surface area contributed by atoms with Crippen molar-refractivity contribution in [1.29, 1.82) is 0 Å². The van der Waals surface area contributed by atoms with Crippen molar-refractivity contribution in [2.45, 2.75) is 32.7 Å². The molecule has 1 aromatic carbocycles. The van der Waals surface area contributed by atoms with Crippen LogP contribution in [0.5, 0.6) is 0 Å². The molecule has 0 aromatic heterocycles. The highest BCUT2D eigenvalue weighted by molar-refractivity contribution is 5.87. The Morgan fingerprint density at radius 1 is 1.04 bits per heavy atom. The Hall–Kier alpha value is -1.88. The van der Waals surface area contributed by atoms with Crippen LogP contribution in [0, 0.1) is 5.92 Å². The predicted molar refractivity (Wildman–Crippen MR) is 90.6 cm³/mol. The second kappa shape index (κ2) is 7.13. The lowest BCUT2D eigenvalue weighted by Crippen LogP contribution is -2.52. The van der Waals surface area contributed by atoms with E-state index in [-0.39, 0.29) is 17.7 Å². The summed E-state index contributed by atoms with van der Waals surface area (Å²) in [6, 6.07) is 9.44. The van der Waals surface area contributed by atoms with Crippen LogP contribution in [0.1, 0.15) is 32.8 Å². The van der Waals surface area contributed by atoms with Crippen LogP contribution in [-0.4, -0.2) is 47.8 Å². The molecular weight excluding hydrogens is 290 g/mol. The number of hydrogen-bond donors (Lipinski definition) is 1. The molecule has 2 amide bonds. The second-order valence-electron chi connectivity index (χ2n) is 6.69. The van der Waals surface area contributed by atoms with Gasteiger partial charge >= 0.3 is 0 Å². The Kier molecular flexibility index (Phi) is 5.42. The van der Waals surface area contributed by atoms with E-state index in [9.17, 15) is 9.59 Å². The van der Waals surface area contributed by atoms with E-state index in [0.717, 1.165) is 12.0 Å². The molecule has 1 fully saturated rings. The average molecular weight is 317 g/mol. The minimum absolute atomic E-state index is 0.0126. The lowest BCUT2D eigenvalue weighted by Gasteiger charge is -2.31. The third-order valence-corrected chi connectivity index (χ3v) is 4.41. The van der Waals surface area contributed by atoms with E-state index >= 15 is 0 Å². The molecule has 1 atom stereocenters. The van der Waals surface area contributed by atoms with Crippen molar-refractivity contribution in [3.05, 3.63) is 35.9 Å². The molecule has 5 nitrogen and oxygen atoms in total. The molecule has 1 saturated heterocycles. The highest BCUT2D eigenvalue weighted by Gasteiger charge is 2.35. The van der Waals surface area contributed by atoms with Gasteiger partial charge in [0.15, 0.2) is 0 Å². The zero-order valence-corrected chi connectivity index (χ0v) is 14.3. The molecule has 0 saturated carbocycles. The number of amides is 2. The van der Waals surface area contributed by atoms with E-state index in [1.54, 1.807) is 11.8 Å². The molecule has 126 valence electrons. The normalized spacial score (nSPS) is 18.5. The van der Waals surface area contributed by atoms with Crippen LogP contribution in [0.15, 0.2) is 30.3 Å². The Morgan fingerprint density at radius 2 is 1.61 bits per heavy atom. The van der Waals surface area contributed by atoms with E-state index in [4.69, 9.17) is 5.73 Å². The van der Waals surface area contributed by atoms with E-state index in [2.05, 4.69) is 0 Å². The zero-order chi connectivity index (χ0) is 17.0. The van der Waals surface area contributed by atoms with Crippen LogP contribution in [0.4, 0.5) is 0 Å². The summed E-state index contributed by atoms with van der Waals surface area (Å²) >= 11 is 0. The van der Waals surface area contributed by atoms with Gasteiger partial charge in [-0.05, 0) is 18.9 Å². The van der Waals surface area contributed by atoms with E-state index in [0.29, 0.717) is 26.2 Å². The summed E-state index contributed by atoms with van der Waals surface area (Å²) in [5.41, 5.74) is 6.10. The zero-order valence-electron chi connectivity index (χ0n) is 14.3. The first-order chi connectivity index (χ1) is 10.8. The summed E-state index contributed by atoms with van der Waals surface area (Å²) in [5.74, 6) is 0.0572. The molecule has 5 heteroatoms. The number of hydrogen-bond acceptors (Lipinski definition) is 3. The van der Waals surface area contributed by atoms with Crippen LogP contribution >= 0.6 is 0 Å². The Labute approximate surface area is 138 Å². The Balaban J connectivity index is 2.07. The summed E-state index contributed by atoms with van der Waals surface area (Å²) in [5, 5.41) is 0. The number of nitrogens with zero attached hydrogens (tertiary/aromatic N) is 2. The fourth-order valence-electron chi connectivity index (χ4n) is 2.94. The van der Waals surface area contributed by atoms with Gasteiger partial charge in [-0.25, -0.2) is 0 Å². The van der Waals surface area contributed by atoms with Gasteiger partial charge in [0.05, 0.1) is 0 Å². The maximum atomic E-state index is 12.9. The first-order valence-electron chi connectivity index (χ1n) is 8.26. The van der Waals surface area contributed by atoms with Gasteiger partial charge in [0.2, 0.25) is 11.8 Å². The van der Waals surface area contributed by atoms with Gasteiger partial charge in [0.1, 0.15) is 5.54 Å². The van der Waals surface area contributed by atoms with Gasteiger partial charge in [-0.1, -0.05) is 44.2 Å². The van der Waals surface area contributed by atoms with Crippen molar-refractivity contribution >= 4 is 11.8 Å². The molecule has 0 spiro atoms. The van der Waals surface area contributed by atoms with Gasteiger partial charge in [0.25, 0.3) is 0 Å². The van der Waals surface area contributed by atoms with Crippen LogP contribution in [0.3, 0.4) is 0 Å². The van der Waals surface area contributed by atoms with Crippen molar-refractivity contribution in [2.75, 3.05) is 26.2 Å². The lowest BCUT2D eigenvalue weighted by molar-refractivity contribution is -0.138. The first kappa shape index (κ1) is 17.5. The van der Waals surface area contributed by atoms with Crippen molar-refractivity contribution in [2.24, 2.45) is 11.7 Å². The SMILES string of the molecule is CC(C)C(=O)N1CCCN(C(=O)C(C)(N)c2ccccc2)CC1. The molecule has 23 heavy (non-hydrogen) atoms. The molecular formula is C18H27N3O2. The maximum Gasteiger partial charge on any atom is 0.247 e. The number of nitrogens with two attached hydrogens (primary N) is 1. The highest BCUT2D eigenvalue weighted by Crippen LogP contribution is 2.21. The average Bonchev–Trinajstić information content (AvgIpc) is 2.80. The topological polar surface area (TPSA) is 66.6 Å². The molecule has 1 unspecified atom stereocenters. The molecule has 1 aromatic rings. The summed E-state index contributed by atoms with van der Waals surface area (Å²) in [7, 11) is 0. The van der Waals surface area contributed by atoms with Gasteiger partial charge in [-0.15, -0.1) is 0 Å². The lowest BCUT2D eigenvalue weighted by atomic mass is 9.91. The molecule has 2 rings (SSSR count). The molecule has 0 aliphatic carbocycles. The first-order valence-corrected chi connectivity index (χ1v) is 8.26. The van der Waals surface area contributed by atoms with Crippen LogP contribution < -0.4 is 5.73 Å². The number of carbonyl (C=O) groups excluding carboxylic acids is 2. The summed E-state index contributed by atoms with van der Waals surface area (Å²) in [4.78, 5) is 28.7. The van der Waals surface area contributed by atoms with Gasteiger partial charge in [0, 0.05) is 32.1 Å². The van der Waals surface area contributed by atoms with Crippen LogP contribution in [0.25, 0.3) is 0 Å². The quantitative estimate of drug-likeness (QED) is 0.920. The molecule has 1 aliphatic heterocycles. The van der Waals surface area contributed by atoms with Crippen LogP contribution in [0.2, 0.25) is 0 Å². The van der Waals surface area contributed by atoms with Gasteiger partial charge < -0.3 is 15.5 Å². The number of benzene rings is 1. The van der Waals surface area contributed by atoms with Crippen molar-refractivity contribution in [3.63, 3.8) is 0 Å². The summed E-state index contributed by atoms with van der Waals surface area (Å²) in [6.07, 6.45) is 0.787. The minimum atomic E-state index is -1.04. The molecule has 0 radical (unpaired) electrons. The highest BCUT2D eigenvalue weighted by atomic mass is 16.2. The minimum Gasteiger partial charge on any atom is -0.341 e. The monoisotopic (exact) mass is 317 g/mol.